The van der Waals surface area contributed by atoms with Crippen LogP contribution in [0.2, 0.25) is 0 Å². The molecule has 18 heavy (non-hydrogen) atoms. The average Bonchev–Trinajstić information content (AvgIpc) is 2.69. The number of carbonyl (C=O) groups is 2. The lowest BCUT2D eigenvalue weighted by Crippen LogP contribution is -2.31. The zero-order valence-electron chi connectivity index (χ0n) is 10.8. The Morgan fingerprint density at radius 3 is 2.61 bits per heavy atom. The van der Waals surface area contributed by atoms with E-state index >= 15 is 0 Å². The molecule has 96 valence electrons. The molecule has 0 aromatic heterocycles. The third kappa shape index (κ3) is 2.88. The fourth-order valence-electron chi connectivity index (χ4n) is 2.08. The third-order valence-corrected chi connectivity index (χ3v) is 3.30. The predicted molar refractivity (Wildman–Crippen MR) is 68.8 cm³/mol. The Hall–Kier alpha value is -1.84. The molecule has 1 aliphatic heterocycles. The van der Waals surface area contributed by atoms with Crippen molar-refractivity contribution in [1.82, 2.24) is 10.2 Å². The Morgan fingerprint density at radius 2 is 2.06 bits per heavy atom. The van der Waals surface area contributed by atoms with Gasteiger partial charge < -0.3 is 10.2 Å². The number of hydrogen-bond donors (Lipinski definition) is 1. The summed E-state index contributed by atoms with van der Waals surface area (Å²) in [6, 6.07) is 8.05. The highest BCUT2D eigenvalue weighted by atomic mass is 16.2. The van der Waals surface area contributed by atoms with E-state index in [9.17, 15) is 9.59 Å². The van der Waals surface area contributed by atoms with Crippen molar-refractivity contribution in [2.75, 3.05) is 13.6 Å². The Morgan fingerprint density at radius 1 is 1.39 bits per heavy atom. The number of aryl methyl sites for hydroxylation is 1. The summed E-state index contributed by atoms with van der Waals surface area (Å²) in [5.74, 6) is -0.188. The minimum atomic E-state index is -0.201. The maximum atomic E-state index is 11.9. The molecule has 0 saturated carbocycles. The van der Waals surface area contributed by atoms with Crippen molar-refractivity contribution in [3.63, 3.8) is 0 Å². The highest BCUT2D eigenvalue weighted by Crippen LogP contribution is 2.16. The van der Waals surface area contributed by atoms with Crippen molar-refractivity contribution in [2.24, 2.45) is 5.92 Å². The van der Waals surface area contributed by atoms with Gasteiger partial charge in [0.25, 0.3) is 0 Å². The van der Waals surface area contributed by atoms with Crippen molar-refractivity contribution in [1.29, 1.82) is 0 Å². The van der Waals surface area contributed by atoms with Crippen LogP contribution in [0.5, 0.6) is 0 Å². The first-order chi connectivity index (χ1) is 8.56. The molecule has 4 heteroatoms. The van der Waals surface area contributed by atoms with Gasteiger partial charge in [-0.3, -0.25) is 9.59 Å². The third-order valence-electron chi connectivity index (χ3n) is 3.30. The van der Waals surface area contributed by atoms with E-state index in [0.29, 0.717) is 19.5 Å². The van der Waals surface area contributed by atoms with Crippen LogP contribution < -0.4 is 5.32 Å². The molecule has 0 aliphatic carbocycles. The topological polar surface area (TPSA) is 49.4 Å². The number of carbonyl (C=O) groups excluding carboxylic acids is 2. The largest absolute Gasteiger partial charge is 0.352 e. The molecule has 2 amide bonds. The maximum Gasteiger partial charge on any atom is 0.225 e. The van der Waals surface area contributed by atoms with Crippen LogP contribution in [0, 0.1) is 12.8 Å². The van der Waals surface area contributed by atoms with E-state index in [-0.39, 0.29) is 17.7 Å². The van der Waals surface area contributed by atoms with Crippen molar-refractivity contribution < 1.29 is 9.59 Å². The van der Waals surface area contributed by atoms with Gasteiger partial charge in [0.2, 0.25) is 11.8 Å². The smallest absolute Gasteiger partial charge is 0.225 e. The van der Waals surface area contributed by atoms with Crippen LogP contribution in [-0.4, -0.2) is 30.3 Å². The summed E-state index contributed by atoms with van der Waals surface area (Å²) >= 11 is 0. The first-order valence-electron chi connectivity index (χ1n) is 6.13. The van der Waals surface area contributed by atoms with E-state index in [1.54, 1.807) is 11.9 Å². The van der Waals surface area contributed by atoms with Gasteiger partial charge in [0, 0.05) is 26.6 Å². The molecular formula is C14H18N2O2. The molecular weight excluding hydrogens is 228 g/mol. The second-order valence-electron chi connectivity index (χ2n) is 4.88. The van der Waals surface area contributed by atoms with Crippen molar-refractivity contribution >= 4 is 11.8 Å². The fourth-order valence-corrected chi connectivity index (χ4v) is 2.08. The summed E-state index contributed by atoms with van der Waals surface area (Å²) in [6.45, 7) is 3.08. The van der Waals surface area contributed by atoms with Gasteiger partial charge in [-0.1, -0.05) is 29.8 Å². The fraction of sp³-hybridized carbons (Fsp3) is 0.429. The molecule has 0 radical (unpaired) electrons. The Balaban J connectivity index is 1.85. The Kier molecular flexibility index (Phi) is 3.65. The molecule has 1 atom stereocenters. The molecule has 1 heterocycles. The van der Waals surface area contributed by atoms with Gasteiger partial charge >= 0.3 is 0 Å². The lowest BCUT2D eigenvalue weighted by atomic mass is 10.1. The second-order valence-corrected chi connectivity index (χ2v) is 4.88. The lowest BCUT2D eigenvalue weighted by molar-refractivity contribution is -0.128. The van der Waals surface area contributed by atoms with Crippen LogP contribution >= 0.6 is 0 Å². The van der Waals surface area contributed by atoms with Gasteiger partial charge in [-0.25, -0.2) is 0 Å². The zero-order chi connectivity index (χ0) is 13.1. The number of hydrogen-bond acceptors (Lipinski definition) is 2. The molecule has 1 saturated heterocycles. The first kappa shape index (κ1) is 12.6. The molecule has 0 bridgehead atoms. The minimum absolute atomic E-state index is 0.0340. The quantitative estimate of drug-likeness (QED) is 0.868. The van der Waals surface area contributed by atoms with Crippen LogP contribution in [-0.2, 0) is 16.1 Å². The van der Waals surface area contributed by atoms with Gasteiger partial charge in [0.05, 0.1) is 5.92 Å². The van der Waals surface area contributed by atoms with Crippen molar-refractivity contribution in [3.8, 4) is 0 Å². The molecule has 1 unspecified atom stereocenters. The number of rotatable bonds is 3. The van der Waals surface area contributed by atoms with E-state index in [1.165, 1.54) is 5.56 Å². The van der Waals surface area contributed by atoms with Crippen LogP contribution in [0.15, 0.2) is 24.3 Å². The predicted octanol–water partition coefficient (Wildman–Crippen LogP) is 1.09. The monoisotopic (exact) mass is 246 g/mol. The molecule has 1 fully saturated rings. The Bertz CT molecular complexity index is 453. The number of benzene rings is 1. The van der Waals surface area contributed by atoms with Crippen LogP contribution in [0.3, 0.4) is 0 Å². The summed E-state index contributed by atoms with van der Waals surface area (Å²) in [5, 5.41) is 2.88. The van der Waals surface area contributed by atoms with Gasteiger partial charge in [0.1, 0.15) is 0 Å². The standard InChI is InChI=1S/C14H18N2O2/c1-10-3-5-11(6-4-10)8-15-14(18)12-7-13(17)16(2)9-12/h3-6,12H,7-9H2,1-2H3,(H,15,18). The van der Waals surface area contributed by atoms with Gasteiger partial charge in [-0.05, 0) is 12.5 Å². The molecule has 1 N–H and O–H groups in total. The average molecular weight is 246 g/mol. The van der Waals surface area contributed by atoms with E-state index in [4.69, 9.17) is 0 Å². The van der Waals surface area contributed by atoms with E-state index in [0.717, 1.165) is 5.56 Å². The van der Waals surface area contributed by atoms with Gasteiger partial charge in [0.15, 0.2) is 0 Å². The first-order valence-corrected chi connectivity index (χ1v) is 6.13. The normalized spacial score (nSPS) is 19.1. The summed E-state index contributed by atoms with van der Waals surface area (Å²) in [4.78, 5) is 24.8. The second kappa shape index (κ2) is 5.21. The van der Waals surface area contributed by atoms with E-state index in [1.807, 2.05) is 31.2 Å². The van der Waals surface area contributed by atoms with Crippen LogP contribution in [0.25, 0.3) is 0 Å². The molecule has 1 aromatic carbocycles. The highest BCUT2D eigenvalue weighted by Gasteiger charge is 2.31. The maximum absolute atomic E-state index is 11.9. The molecule has 0 spiro atoms. The zero-order valence-corrected chi connectivity index (χ0v) is 10.8. The van der Waals surface area contributed by atoms with E-state index in [2.05, 4.69) is 5.32 Å². The number of likely N-dealkylation sites (tertiary alicyclic amines) is 1. The number of nitrogens with zero attached hydrogens (tertiary/aromatic N) is 1. The van der Waals surface area contributed by atoms with Crippen molar-refractivity contribution in [2.45, 2.75) is 19.9 Å². The molecule has 1 aromatic rings. The van der Waals surface area contributed by atoms with E-state index < -0.39 is 0 Å². The molecule has 4 nitrogen and oxygen atoms in total. The lowest BCUT2D eigenvalue weighted by Gasteiger charge is -2.11. The SMILES string of the molecule is Cc1ccc(CNC(=O)C2CC(=O)N(C)C2)cc1. The molecule has 1 aliphatic rings. The van der Waals surface area contributed by atoms with Crippen LogP contribution in [0.1, 0.15) is 17.5 Å². The van der Waals surface area contributed by atoms with Gasteiger partial charge in [-0.15, -0.1) is 0 Å². The summed E-state index contributed by atoms with van der Waals surface area (Å²) in [6.07, 6.45) is 0.330. The summed E-state index contributed by atoms with van der Waals surface area (Å²) < 4.78 is 0. The number of nitrogens with one attached hydrogen (secondary N) is 1. The summed E-state index contributed by atoms with van der Waals surface area (Å²) in [7, 11) is 1.73. The van der Waals surface area contributed by atoms with Crippen LogP contribution in [0.4, 0.5) is 0 Å². The van der Waals surface area contributed by atoms with Gasteiger partial charge in [-0.2, -0.15) is 0 Å². The minimum Gasteiger partial charge on any atom is -0.352 e. The van der Waals surface area contributed by atoms with Crippen molar-refractivity contribution in [3.05, 3.63) is 35.4 Å². The highest BCUT2D eigenvalue weighted by molar-refractivity contribution is 5.89. The molecule has 2 rings (SSSR count). The number of amides is 2. The Labute approximate surface area is 107 Å². The summed E-state index contributed by atoms with van der Waals surface area (Å²) in [5.41, 5.74) is 2.28.